The lowest BCUT2D eigenvalue weighted by Gasteiger charge is -2.40. The third-order valence-corrected chi connectivity index (χ3v) is 5.75. The Morgan fingerprint density at radius 1 is 1.32 bits per heavy atom. The molecule has 2 saturated heterocycles. The first kappa shape index (κ1) is 18.2. The summed E-state index contributed by atoms with van der Waals surface area (Å²) in [6.45, 7) is 3.67. The summed E-state index contributed by atoms with van der Waals surface area (Å²) in [4.78, 5) is 34.4. The SMILES string of the molecule is CCN1C(=O)N(OCc2ccccc2)CC[C@H]1C(=O)N1CCSC1=S. The largest absolute Gasteiger partial charge is 0.344 e. The van der Waals surface area contributed by atoms with Gasteiger partial charge in [0.05, 0.1) is 6.54 Å². The quantitative estimate of drug-likeness (QED) is 0.736. The van der Waals surface area contributed by atoms with E-state index in [4.69, 9.17) is 17.1 Å². The van der Waals surface area contributed by atoms with Gasteiger partial charge in [-0.25, -0.2) is 9.86 Å². The molecule has 1 aromatic rings. The third kappa shape index (κ3) is 3.96. The number of carbonyl (C=O) groups is 2. The molecule has 0 aromatic heterocycles. The Morgan fingerprint density at radius 3 is 2.72 bits per heavy atom. The van der Waals surface area contributed by atoms with Gasteiger partial charge >= 0.3 is 6.03 Å². The first-order valence-electron chi connectivity index (χ1n) is 8.35. The van der Waals surface area contributed by atoms with Gasteiger partial charge in [0.15, 0.2) is 0 Å². The minimum Gasteiger partial charge on any atom is -0.311 e. The van der Waals surface area contributed by atoms with Gasteiger partial charge in [-0.15, -0.1) is 0 Å². The van der Waals surface area contributed by atoms with Crippen molar-refractivity contribution in [1.29, 1.82) is 0 Å². The van der Waals surface area contributed by atoms with Crippen molar-refractivity contribution in [1.82, 2.24) is 14.9 Å². The van der Waals surface area contributed by atoms with E-state index in [1.807, 2.05) is 37.3 Å². The summed E-state index contributed by atoms with van der Waals surface area (Å²) in [5, 5.41) is 1.36. The number of hydrogen-bond acceptors (Lipinski definition) is 5. The molecule has 0 spiro atoms. The molecule has 0 bridgehead atoms. The molecule has 0 aliphatic carbocycles. The highest BCUT2D eigenvalue weighted by molar-refractivity contribution is 8.23. The number of thiocarbonyl (C=S) groups is 1. The highest BCUT2D eigenvalue weighted by Gasteiger charge is 2.40. The Kier molecular flexibility index (Phi) is 5.93. The van der Waals surface area contributed by atoms with E-state index in [1.165, 1.54) is 16.8 Å². The molecule has 3 rings (SSSR count). The second kappa shape index (κ2) is 8.16. The molecule has 1 aromatic carbocycles. The summed E-state index contributed by atoms with van der Waals surface area (Å²) in [6.07, 6.45) is 0.539. The van der Waals surface area contributed by atoms with Gasteiger partial charge in [0, 0.05) is 18.8 Å². The number of nitrogens with zero attached hydrogens (tertiary/aromatic N) is 3. The van der Waals surface area contributed by atoms with Crippen LogP contribution in [0.25, 0.3) is 0 Å². The Morgan fingerprint density at radius 2 is 2.08 bits per heavy atom. The predicted octanol–water partition coefficient (Wildman–Crippen LogP) is 2.49. The summed E-state index contributed by atoms with van der Waals surface area (Å²) in [7, 11) is 0. The maximum Gasteiger partial charge on any atom is 0.344 e. The maximum atomic E-state index is 12.8. The number of urea groups is 1. The molecule has 0 radical (unpaired) electrons. The minimum absolute atomic E-state index is 0.0760. The fraction of sp³-hybridized carbons (Fsp3) is 0.471. The summed E-state index contributed by atoms with van der Waals surface area (Å²) in [5.41, 5.74) is 0.996. The van der Waals surface area contributed by atoms with E-state index in [2.05, 4.69) is 0 Å². The third-order valence-electron chi connectivity index (χ3n) is 4.32. The fourth-order valence-corrected chi connectivity index (χ4v) is 4.22. The van der Waals surface area contributed by atoms with Crippen LogP contribution in [-0.2, 0) is 16.2 Å². The molecule has 2 aliphatic heterocycles. The molecular formula is C17H21N3O3S2. The summed E-state index contributed by atoms with van der Waals surface area (Å²) < 4.78 is 0.608. The number of rotatable bonds is 5. The summed E-state index contributed by atoms with van der Waals surface area (Å²) in [5.74, 6) is 0.747. The van der Waals surface area contributed by atoms with Crippen LogP contribution < -0.4 is 0 Å². The van der Waals surface area contributed by atoms with Crippen molar-refractivity contribution in [3.63, 3.8) is 0 Å². The second-order valence-corrected chi connectivity index (χ2v) is 7.57. The average molecular weight is 380 g/mol. The van der Waals surface area contributed by atoms with Gasteiger partial charge in [-0.3, -0.25) is 14.5 Å². The first-order chi connectivity index (χ1) is 12.1. The number of benzene rings is 1. The fourth-order valence-electron chi connectivity index (χ4n) is 3.00. The van der Waals surface area contributed by atoms with Crippen molar-refractivity contribution in [2.24, 2.45) is 0 Å². The molecule has 2 heterocycles. The molecule has 2 aliphatic rings. The molecular weight excluding hydrogens is 358 g/mol. The Balaban J connectivity index is 1.63. The van der Waals surface area contributed by atoms with Gasteiger partial charge < -0.3 is 4.90 Å². The lowest BCUT2D eigenvalue weighted by atomic mass is 10.1. The highest BCUT2D eigenvalue weighted by atomic mass is 32.2. The zero-order valence-corrected chi connectivity index (χ0v) is 15.7. The van der Waals surface area contributed by atoms with Gasteiger partial charge in [0.25, 0.3) is 5.91 Å². The molecule has 1 atom stereocenters. The van der Waals surface area contributed by atoms with Crippen LogP contribution in [0, 0.1) is 0 Å². The number of thioether (sulfide) groups is 1. The number of hydroxylamine groups is 2. The zero-order chi connectivity index (χ0) is 17.8. The monoisotopic (exact) mass is 379 g/mol. The smallest absolute Gasteiger partial charge is 0.311 e. The van der Waals surface area contributed by atoms with E-state index < -0.39 is 6.04 Å². The van der Waals surface area contributed by atoms with Crippen molar-refractivity contribution in [2.45, 2.75) is 26.0 Å². The molecule has 8 heteroatoms. The normalized spacial score (nSPS) is 21.2. The van der Waals surface area contributed by atoms with Crippen LogP contribution in [-0.4, -0.2) is 62.6 Å². The number of hydrogen-bond donors (Lipinski definition) is 0. The molecule has 0 saturated carbocycles. The van der Waals surface area contributed by atoms with Crippen molar-refractivity contribution in [3.05, 3.63) is 35.9 Å². The van der Waals surface area contributed by atoms with Crippen LogP contribution in [0.5, 0.6) is 0 Å². The van der Waals surface area contributed by atoms with E-state index in [0.717, 1.165) is 11.3 Å². The van der Waals surface area contributed by atoms with Gasteiger partial charge in [0.2, 0.25) is 0 Å². The lowest BCUT2D eigenvalue weighted by molar-refractivity contribution is -0.159. The Bertz CT molecular complexity index is 656. The molecule has 25 heavy (non-hydrogen) atoms. The van der Waals surface area contributed by atoms with Gasteiger partial charge in [-0.2, -0.15) is 0 Å². The Hall–Kier alpha value is -1.64. The van der Waals surface area contributed by atoms with Gasteiger partial charge in [0.1, 0.15) is 17.0 Å². The lowest BCUT2D eigenvalue weighted by Crippen LogP contribution is -2.59. The average Bonchev–Trinajstić information content (AvgIpc) is 3.06. The first-order valence-corrected chi connectivity index (χ1v) is 9.74. The molecule has 2 fully saturated rings. The topological polar surface area (TPSA) is 53.1 Å². The number of likely N-dealkylation sites (N-methyl/N-ethyl adjacent to an activating group) is 1. The van der Waals surface area contributed by atoms with E-state index in [0.29, 0.717) is 37.0 Å². The van der Waals surface area contributed by atoms with Crippen LogP contribution in [0.3, 0.4) is 0 Å². The van der Waals surface area contributed by atoms with Crippen LogP contribution in [0.4, 0.5) is 4.79 Å². The number of carbonyl (C=O) groups excluding carboxylic acids is 2. The second-order valence-electron chi connectivity index (χ2n) is 5.84. The van der Waals surface area contributed by atoms with Crippen molar-refractivity contribution in [3.8, 4) is 0 Å². The van der Waals surface area contributed by atoms with Crippen LogP contribution in [0.1, 0.15) is 18.9 Å². The zero-order valence-electron chi connectivity index (χ0n) is 14.1. The molecule has 0 N–H and O–H groups in total. The maximum absolute atomic E-state index is 12.8. The minimum atomic E-state index is -0.467. The van der Waals surface area contributed by atoms with Crippen LogP contribution in [0.2, 0.25) is 0 Å². The molecule has 0 unspecified atom stereocenters. The van der Waals surface area contributed by atoms with E-state index in [-0.39, 0.29) is 11.9 Å². The van der Waals surface area contributed by atoms with E-state index >= 15 is 0 Å². The molecule has 6 nitrogen and oxygen atoms in total. The van der Waals surface area contributed by atoms with Gasteiger partial charge in [-0.05, 0) is 18.9 Å². The predicted molar refractivity (Wildman–Crippen MR) is 101 cm³/mol. The van der Waals surface area contributed by atoms with Crippen molar-refractivity contribution >= 4 is 40.2 Å². The summed E-state index contributed by atoms with van der Waals surface area (Å²) >= 11 is 6.75. The van der Waals surface area contributed by atoms with Crippen LogP contribution >= 0.6 is 24.0 Å². The van der Waals surface area contributed by atoms with Gasteiger partial charge in [-0.1, -0.05) is 54.3 Å². The van der Waals surface area contributed by atoms with Crippen molar-refractivity contribution in [2.75, 3.05) is 25.4 Å². The number of amides is 3. The highest BCUT2D eigenvalue weighted by Crippen LogP contribution is 2.24. The standard InChI is InChI=1S/C17H21N3O3S2/c1-2-18-14(15(21)19-10-11-25-17(19)24)8-9-20(16(18)22)23-12-13-6-4-3-5-7-13/h3-7,14H,2,8-12H2,1H3/t14-/m0/s1. The van der Waals surface area contributed by atoms with Crippen molar-refractivity contribution < 1.29 is 14.4 Å². The molecule has 134 valence electrons. The van der Waals surface area contributed by atoms with E-state index in [9.17, 15) is 9.59 Å². The Labute approximate surface area is 157 Å². The van der Waals surface area contributed by atoms with E-state index in [1.54, 1.807) is 9.80 Å². The summed E-state index contributed by atoms with van der Waals surface area (Å²) in [6, 6.07) is 8.97. The molecule has 3 amide bonds. The van der Waals surface area contributed by atoms with Crippen LogP contribution in [0.15, 0.2) is 30.3 Å².